The molecule has 2 unspecified atom stereocenters. The first-order valence-corrected chi connectivity index (χ1v) is 10.3. The Morgan fingerprint density at radius 2 is 2.04 bits per heavy atom. The number of fused-ring (bicyclic) bond motifs is 1. The van der Waals surface area contributed by atoms with Crippen molar-refractivity contribution >= 4 is 0 Å². The van der Waals surface area contributed by atoms with Crippen molar-refractivity contribution in [2.24, 2.45) is 0 Å². The Kier molecular flexibility index (Phi) is 5.41. The molecule has 0 N–H and O–H groups in total. The Hall–Kier alpha value is -1.65. The van der Waals surface area contributed by atoms with Crippen LogP contribution in [-0.2, 0) is 19.4 Å². The van der Waals surface area contributed by atoms with Crippen LogP contribution in [0.1, 0.15) is 61.7 Å². The molecule has 2 atom stereocenters. The Labute approximate surface area is 157 Å². The van der Waals surface area contributed by atoms with E-state index in [9.17, 15) is 0 Å². The highest BCUT2D eigenvalue weighted by Crippen LogP contribution is 2.29. The average molecular weight is 354 g/mol. The van der Waals surface area contributed by atoms with Crippen molar-refractivity contribution in [1.29, 1.82) is 0 Å². The lowest BCUT2D eigenvalue weighted by Crippen LogP contribution is -2.37. The zero-order chi connectivity index (χ0) is 17.9. The molecule has 4 rings (SSSR count). The lowest BCUT2D eigenvalue weighted by atomic mass is 9.96. The number of benzene rings is 1. The lowest BCUT2D eigenvalue weighted by molar-refractivity contribution is 0.176. The van der Waals surface area contributed by atoms with Crippen LogP contribution in [0, 0.1) is 0 Å². The maximum atomic E-state index is 5.63. The van der Waals surface area contributed by atoms with Gasteiger partial charge >= 0.3 is 0 Å². The van der Waals surface area contributed by atoms with Crippen molar-refractivity contribution in [2.45, 2.75) is 64.6 Å². The van der Waals surface area contributed by atoms with Crippen molar-refractivity contribution in [1.82, 2.24) is 15.0 Å². The Bertz CT molecular complexity index is 711. The first-order valence-electron chi connectivity index (χ1n) is 10.3. The van der Waals surface area contributed by atoms with Gasteiger partial charge in [0.1, 0.15) is 11.5 Å². The normalized spacial score (nSPS) is 21.9. The highest BCUT2D eigenvalue weighted by Gasteiger charge is 2.31. The zero-order valence-electron chi connectivity index (χ0n) is 16.2. The van der Waals surface area contributed by atoms with Gasteiger partial charge in [0.15, 0.2) is 0 Å². The molecule has 1 aliphatic heterocycles. The predicted octanol–water partition coefficient (Wildman–Crippen LogP) is 4.21. The Morgan fingerprint density at radius 3 is 2.85 bits per heavy atom. The van der Waals surface area contributed by atoms with Crippen LogP contribution in [0.25, 0.3) is 0 Å². The summed E-state index contributed by atoms with van der Waals surface area (Å²) in [6, 6.07) is 12.0. The summed E-state index contributed by atoms with van der Waals surface area (Å²) >= 11 is 0. The minimum atomic E-state index is 0.486. The number of aryl methyl sites for hydroxylation is 1. The van der Waals surface area contributed by atoms with Crippen molar-refractivity contribution in [3.8, 4) is 0 Å². The topological polar surface area (TPSA) is 32.5 Å². The third kappa shape index (κ3) is 3.58. The quantitative estimate of drug-likeness (QED) is 0.779. The van der Waals surface area contributed by atoms with Crippen LogP contribution in [0.4, 0.5) is 0 Å². The number of rotatable bonds is 6. The molecule has 4 heteroatoms. The largest absolute Gasteiger partial charge is 0.361 e. The smallest absolute Gasteiger partial charge is 0.140 e. The lowest BCUT2D eigenvalue weighted by Gasteiger charge is -2.29. The van der Waals surface area contributed by atoms with E-state index in [0.717, 1.165) is 38.2 Å². The summed E-state index contributed by atoms with van der Waals surface area (Å²) in [6.07, 6.45) is 5.98. The standard InChI is InChI=1S/C22H31N3O/c1-3-24(16-21-20-11-7-8-12-22(20)26-23-21)19-13-14-25(15-19)17(2)18-9-5-4-6-10-18/h4-6,9-10,17,19H,3,7-8,11-16H2,1-2H3. The number of hydrogen-bond acceptors (Lipinski definition) is 4. The average Bonchev–Trinajstić information content (AvgIpc) is 3.34. The molecule has 1 aliphatic carbocycles. The van der Waals surface area contributed by atoms with Crippen molar-refractivity contribution in [2.75, 3.05) is 19.6 Å². The zero-order valence-corrected chi connectivity index (χ0v) is 16.2. The summed E-state index contributed by atoms with van der Waals surface area (Å²) in [5.41, 5.74) is 4.01. The van der Waals surface area contributed by atoms with Crippen LogP contribution in [0.5, 0.6) is 0 Å². The van der Waals surface area contributed by atoms with Gasteiger partial charge in [-0.1, -0.05) is 42.4 Å². The molecule has 26 heavy (non-hydrogen) atoms. The second-order valence-corrected chi connectivity index (χ2v) is 7.83. The molecule has 1 fully saturated rings. The monoisotopic (exact) mass is 353 g/mol. The number of likely N-dealkylation sites (N-methyl/N-ethyl adjacent to an activating group) is 1. The summed E-state index contributed by atoms with van der Waals surface area (Å²) in [5, 5.41) is 4.43. The molecule has 1 saturated heterocycles. The van der Waals surface area contributed by atoms with Gasteiger partial charge in [-0.25, -0.2) is 0 Å². The Balaban J connectivity index is 1.41. The fourth-order valence-electron chi connectivity index (χ4n) is 4.62. The Morgan fingerprint density at radius 1 is 1.23 bits per heavy atom. The maximum absolute atomic E-state index is 5.63. The van der Waals surface area contributed by atoms with Crippen molar-refractivity contribution < 1.29 is 4.52 Å². The summed E-state index contributed by atoms with van der Waals surface area (Å²) in [4.78, 5) is 5.23. The highest BCUT2D eigenvalue weighted by molar-refractivity contribution is 5.25. The first kappa shape index (κ1) is 17.7. The minimum Gasteiger partial charge on any atom is -0.361 e. The molecule has 0 bridgehead atoms. The molecular formula is C22H31N3O. The van der Waals surface area contributed by atoms with Gasteiger partial charge in [-0.2, -0.15) is 0 Å². The molecule has 2 heterocycles. The molecule has 2 aromatic rings. The molecule has 0 spiro atoms. The van der Waals surface area contributed by atoms with Crippen LogP contribution < -0.4 is 0 Å². The van der Waals surface area contributed by atoms with Gasteiger partial charge in [-0.15, -0.1) is 0 Å². The van der Waals surface area contributed by atoms with E-state index in [2.05, 4.69) is 59.1 Å². The second kappa shape index (κ2) is 7.93. The van der Waals surface area contributed by atoms with Gasteiger partial charge < -0.3 is 4.52 Å². The number of nitrogens with zero attached hydrogens (tertiary/aromatic N) is 3. The fraction of sp³-hybridized carbons (Fsp3) is 0.591. The van der Waals surface area contributed by atoms with E-state index in [0.29, 0.717) is 12.1 Å². The van der Waals surface area contributed by atoms with Gasteiger partial charge in [0.25, 0.3) is 0 Å². The molecule has 140 valence electrons. The number of likely N-dealkylation sites (tertiary alicyclic amines) is 1. The predicted molar refractivity (Wildman–Crippen MR) is 104 cm³/mol. The van der Waals surface area contributed by atoms with Gasteiger partial charge in [0, 0.05) is 43.7 Å². The molecule has 0 amide bonds. The van der Waals surface area contributed by atoms with Gasteiger partial charge in [0.2, 0.25) is 0 Å². The molecule has 0 radical (unpaired) electrons. The third-order valence-electron chi connectivity index (χ3n) is 6.33. The maximum Gasteiger partial charge on any atom is 0.140 e. The molecule has 4 nitrogen and oxygen atoms in total. The summed E-state index contributed by atoms with van der Waals surface area (Å²) in [6.45, 7) is 8.93. The van der Waals surface area contributed by atoms with E-state index in [-0.39, 0.29) is 0 Å². The summed E-state index contributed by atoms with van der Waals surface area (Å²) < 4.78 is 5.63. The number of hydrogen-bond donors (Lipinski definition) is 0. The van der Waals surface area contributed by atoms with E-state index < -0.39 is 0 Å². The van der Waals surface area contributed by atoms with Crippen LogP contribution in [-0.4, -0.2) is 40.6 Å². The van der Waals surface area contributed by atoms with Crippen LogP contribution in [0.15, 0.2) is 34.9 Å². The highest BCUT2D eigenvalue weighted by atomic mass is 16.5. The fourth-order valence-corrected chi connectivity index (χ4v) is 4.62. The first-order chi connectivity index (χ1) is 12.8. The molecule has 2 aliphatic rings. The molecule has 1 aromatic heterocycles. The molecule has 0 saturated carbocycles. The molecular weight excluding hydrogens is 322 g/mol. The van der Waals surface area contributed by atoms with Crippen LogP contribution in [0.2, 0.25) is 0 Å². The van der Waals surface area contributed by atoms with E-state index in [4.69, 9.17) is 4.52 Å². The summed E-state index contributed by atoms with van der Waals surface area (Å²) in [7, 11) is 0. The van der Waals surface area contributed by atoms with Gasteiger partial charge in [-0.3, -0.25) is 9.80 Å². The van der Waals surface area contributed by atoms with Gasteiger partial charge in [-0.05, 0) is 44.7 Å². The molecule has 1 aromatic carbocycles. The van der Waals surface area contributed by atoms with E-state index >= 15 is 0 Å². The van der Waals surface area contributed by atoms with Gasteiger partial charge in [0.05, 0.1) is 0 Å². The summed E-state index contributed by atoms with van der Waals surface area (Å²) in [5.74, 6) is 1.15. The number of aromatic nitrogens is 1. The SMILES string of the molecule is CCN(Cc1noc2c1CCCC2)C1CCN(C(C)c2ccccc2)C1. The van der Waals surface area contributed by atoms with E-state index in [1.807, 2.05) is 0 Å². The van der Waals surface area contributed by atoms with Crippen LogP contribution in [0.3, 0.4) is 0 Å². The van der Waals surface area contributed by atoms with Crippen molar-refractivity contribution in [3.05, 3.63) is 52.9 Å². The van der Waals surface area contributed by atoms with Crippen LogP contribution >= 0.6 is 0 Å². The van der Waals surface area contributed by atoms with E-state index in [1.54, 1.807) is 0 Å². The minimum absolute atomic E-state index is 0.486. The second-order valence-electron chi connectivity index (χ2n) is 7.83. The van der Waals surface area contributed by atoms with Crippen molar-refractivity contribution in [3.63, 3.8) is 0 Å². The van der Waals surface area contributed by atoms with E-state index in [1.165, 1.54) is 42.6 Å². The third-order valence-corrected chi connectivity index (χ3v) is 6.33.